The number of nitrogens with one attached hydrogen (secondary N) is 1. The van der Waals surface area contributed by atoms with E-state index in [2.05, 4.69) is 98.2 Å². The van der Waals surface area contributed by atoms with Crippen LogP contribution in [0.1, 0.15) is 17.2 Å². The minimum Gasteiger partial charge on any atom is -0.309 e. The van der Waals surface area contributed by atoms with E-state index in [4.69, 9.17) is 0 Å². The van der Waals surface area contributed by atoms with Crippen molar-refractivity contribution in [3.8, 4) is 0 Å². The third kappa shape index (κ3) is 1.81. The molecule has 0 bridgehead atoms. The highest BCUT2D eigenvalue weighted by molar-refractivity contribution is 14.1. The van der Waals surface area contributed by atoms with Crippen LogP contribution in [0.5, 0.6) is 0 Å². The molecule has 3 aromatic carbocycles. The van der Waals surface area contributed by atoms with Gasteiger partial charge in [0, 0.05) is 28.4 Å². The second-order valence-corrected chi connectivity index (χ2v) is 6.02. The summed E-state index contributed by atoms with van der Waals surface area (Å²) in [4.78, 5) is 0. The quantitative estimate of drug-likeness (QED) is 0.482. The summed E-state index contributed by atoms with van der Waals surface area (Å²) in [6, 6.07) is 23.8. The molecule has 1 aliphatic heterocycles. The smallest absolute Gasteiger partial charge is 0.0923 e. The first kappa shape index (κ1) is 12.2. The van der Waals surface area contributed by atoms with Gasteiger partial charge in [-0.3, -0.25) is 0 Å². The Hall–Kier alpha value is -1.59. The molecule has 2 nitrogen and oxygen atoms in total. The summed E-state index contributed by atoms with van der Waals surface area (Å²) in [5.74, 6) is 0. The van der Waals surface area contributed by atoms with Gasteiger partial charge in [0.25, 0.3) is 0 Å². The van der Waals surface area contributed by atoms with E-state index in [0.717, 1.165) is 0 Å². The number of rotatable bonds is 1. The van der Waals surface area contributed by atoms with Crippen molar-refractivity contribution in [2.24, 2.45) is 0 Å². The molecule has 0 aromatic heterocycles. The van der Waals surface area contributed by atoms with E-state index in [1.54, 1.807) is 0 Å². The van der Waals surface area contributed by atoms with Crippen LogP contribution in [0.3, 0.4) is 0 Å². The summed E-state index contributed by atoms with van der Waals surface area (Å²) in [6.45, 7) is 0. The largest absolute Gasteiger partial charge is 0.309 e. The van der Waals surface area contributed by atoms with Crippen LogP contribution in [0.15, 0.2) is 66.7 Å². The summed E-state index contributed by atoms with van der Waals surface area (Å²) >= 11 is 2.35. The van der Waals surface area contributed by atoms with Gasteiger partial charge < -0.3 is 5.43 Å². The number of halogens is 1. The Kier molecular flexibility index (Phi) is 2.89. The summed E-state index contributed by atoms with van der Waals surface area (Å²) in [5.41, 5.74) is 7.33. The fourth-order valence-electron chi connectivity index (χ4n) is 2.91. The van der Waals surface area contributed by atoms with Crippen LogP contribution in [0.4, 0.5) is 5.69 Å². The molecule has 1 N–H and O–H groups in total. The lowest BCUT2D eigenvalue weighted by molar-refractivity contribution is 0.551. The van der Waals surface area contributed by atoms with E-state index in [9.17, 15) is 0 Å². The lowest BCUT2D eigenvalue weighted by atomic mass is 9.94. The van der Waals surface area contributed by atoms with E-state index >= 15 is 0 Å². The summed E-state index contributed by atoms with van der Waals surface area (Å²) in [7, 11) is 0. The standard InChI is InChI=1S/C17H13IN2/c18-20-17(13-7-2-1-3-8-13)16-14-9-5-4-6-12(14)10-11-15(16)19-20/h1-11,17,19H. The Morgan fingerprint density at radius 2 is 1.60 bits per heavy atom. The highest BCUT2D eigenvalue weighted by atomic mass is 127. The Labute approximate surface area is 131 Å². The second kappa shape index (κ2) is 4.75. The molecule has 0 spiro atoms. The predicted molar refractivity (Wildman–Crippen MR) is 91.7 cm³/mol. The zero-order chi connectivity index (χ0) is 13.5. The Morgan fingerprint density at radius 1 is 0.850 bits per heavy atom. The molecular formula is C17H13IN2. The van der Waals surface area contributed by atoms with Gasteiger partial charge in [-0.2, -0.15) is 3.22 Å². The summed E-state index contributed by atoms with van der Waals surface area (Å²) < 4.78 is 2.16. The van der Waals surface area contributed by atoms with Gasteiger partial charge in [-0.25, -0.2) is 0 Å². The van der Waals surface area contributed by atoms with E-state index in [1.807, 2.05) is 0 Å². The van der Waals surface area contributed by atoms with Crippen molar-refractivity contribution in [1.82, 2.24) is 3.22 Å². The van der Waals surface area contributed by atoms with Gasteiger partial charge in [0.1, 0.15) is 0 Å². The number of fused-ring (bicyclic) bond motifs is 3. The van der Waals surface area contributed by atoms with E-state index in [-0.39, 0.29) is 6.04 Å². The molecule has 0 aliphatic carbocycles. The van der Waals surface area contributed by atoms with Crippen LogP contribution in [0.2, 0.25) is 0 Å². The minimum atomic E-state index is 0.248. The van der Waals surface area contributed by atoms with Crippen molar-refractivity contribution in [2.75, 3.05) is 5.43 Å². The molecule has 0 saturated carbocycles. The maximum atomic E-state index is 3.46. The molecular weight excluding hydrogens is 359 g/mol. The van der Waals surface area contributed by atoms with Gasteiger partial charge in [-0.1, -0.05) is 60.7 Å². The number of benzene rings is 3. The third-order valence-electron chi connectivity index (χ3n) is 3.81. The van der Waals surface area contributed by atoms with Gasteiger partial charge in [0.2, 0.25) is 0 Å². The van der Waals surface area contributed by atoms with Crippen LogP contribution >= 0.6 is 22.9 Å². The average Bonchev–Trinajstić information content (AvgIpc) is 2.84. The summed E-state index contributed by atoms with van der Waals surface area (Å²) in [6.07, 6.45) is 0. The third-order valence-corrected chi connectivity index (χ3v) is 4.61. The zero-order valence-electron chi connectivity index (χ0n) is 10.8. The number of hydrazine groups is 1. The molecule has 1 aliphatic rings. The first-order valence-electron chi connectivity index (χ1n) is 6.63. The van der Waals surface area contributed by atoms with Gasteiger partial charge in [0.05, 0.1) is 11.7 Å². The van der Waals surface area contributed by atoms with Gasteiger partial charge in [0.15, 0.2) is 0 Å². The molecule has 0 saturated heterocycles. The van der Waals surface area contributed by atoms with Crippen LogP contribution in [0.25, 0.3) is 10.8 Å². The van der Waals surface area contributed by atoms with E-state index in [1.165, 1.54) is 27.6 Å². The van der Waals surface area contributed by atoms with Gasteiger partial charge >= 0.3 is 0 Å². The molecule has 0 fully saturated rings. The molecule has 0 radical (unpaired) electrons. The highest BCUT2D eigenvalue weighted by Gasteiger charge is 2.31. The average molecular weight is 372 g/mol. The number of hydrogen-bond acceptors (Lipinski definition) is 2. The lowest BCUT2D eigenvalue weighted by Crippen LogP contribution is -2.17. The van der Waals surface area contributed by atoms with Crippen molar-refractivity contribution < 1.29 is 0 Å². The second-order valence-electron chi connectivity index (χ2n) is 4.98. The number of nitrogens with zero attached hydrogens (tertiary/aromatic N) is 1. The Balaban J connectivity index is 1.99. The molecule has 0 amide bonds. The number of hydrogen-bond donors (Lipinski definition) is 1. The van der Waals surface area contributed by atoms with Crippen LogP contribution in [0, 0.1) is 0 Å². The molecule has 20 heavy (non-hydrogen) atoms. The number of anilines is 1. The van der Waals surface area contributed by atoms with Crippen molar-refractivity contribution in [2.45, 2.75) is 6.04 Å². The SMILES string of the molecule is IN1Nc2ccc3ccccc3c2C1c1ccccc1. The fourth-order valence-corrected chi connectivity index (χ4v) is 3.77. The van der Waals surface area contributed by atoms with Crippen molar-refractivity contribution in [3.63, 3.8) is 0 Å². The molecule has 1 atom stereocenters. The Bertz CT molecular complexity index is 770. The minimum absolute atomic E-state index is 0.248. The highest BCUT2D eigenvalue weighted by Crippen LogP contribution is 2.44. The van der Waals surface area contributed by atoms with Crippen LogP contribution in [-0.2, 0) is 0 Å². The van der Waals surface area contributed by atoms with Crippen LogP contribution < -0.4 is 5.43 Å². The molecule has 98 valence electrons. The first-order chi connectivity index (χ1) is 9.84. The predicted octanol–water partition coefficient (Wildman–Crippen LogP) is 4.92. The fraction of sp³-hybridized carbons (Fsp3) is 0.0588. The van der Waals surface area contributed by atoms with Gasteiger partial charge in [-0.05, 0) is 22.4 Å². The van der Waals surface area contributed by atoms with E-state index < -0.39 is 0 Å². The monoisotopic (exact) mass is 372 g/mol. The molecule has 1 unspecified atom stereocenters. The van der Waals surface area contributed by atoms with Crippen molar-refractivity contribution in [3.05, 3.63) is 77.9 Å². The molecule has 4 rings (SSSR count). The maximum Gasteiger partial charge on any atom is 0.0923 e. The van der Waals surface area contributed by atoms with Crippen molar-refractivity contribution in [1.29, 1.82) is 0 Å². The lowest BCUT2D eigenvalue weighted by Gasteiger charge is -2.18. The zero-order valence-corrected chi connectivity index (χ0v) is 12.9. The molecule has 3 aromatic rings. The topological polar surface area (TPSA) is 15.3 Å². The van der Waals surface area contributed by atoms with Crippen molar-refractivity contribution >= 4 is 39.3 Å². The molecule has 1 heterocycles. The first-order valence-corrected chi connectivity index (χ1v) is 7.59. The van der Waals surface area contributed by atoms with Crippen LogP contribution in [-0.4, -0.2) is 3.22 Å². The molecule has 3 heteroatoms. The summed E-state index contributed by atoms with van der Waals surface area (Å²) in [5, 5.41) is 2.62. The van der Waals surface area contributed by atoms with E-state index in [0.29, 0.717) is 0 Å². The Morgan fingerprint density at radius 3 is 2.45 bits per heavy atom. The normalized spacial score (nSPS) is 17.9. The maximum absolute atomic E-state index is 3.46. The van der Waals surface area contributed by atoms with Gasteiger partial charge in [-0.15, -0.1) is 0 Å².